The number of primary amides is 1. The third-order valence-corrected chi connectivity index (χ3v) is 3.08. The third-order valence-electron chi connectivity index (χ3n) is 3.08. The molecule has 1 amide bonds. The molecule has 0 aliphatic heterocycles. The zero-order chi connectivity index (χ0) is 16.3. The molecule has 22 heavy (non-hydrogen) atoms. The van der Waals surface area contributed by atoms with Crippen LogP contribution in [0.1, 0.15) is 5.56 Å². The molecule has 7 heteroatoms. The lowest BCUT2D eigenvalue weighted by molar-refractivity contribution is 0.209. The van der Waals surface area contributed by atoms with Gasteiger partial charge in [0.05, 0.1) is 0 Å². The van der Waals surface area contributed by atoms with Gasteiger partial charge in [-0.15, -0.1) is 0 Å². The van der Waals surface area contributed by atoms with Crippen LogP contribution in [-0.2, 0) is 0 Å². The second-order valence-electron chi connectivity index (χ2n) is 5.08. The lowest BCUT2D eigenvalue weighted by Crippen LogP contribution is -2.20. The van der Waals surface area contributed by atoms with Gasteiger partial charge in [0.2, 0.25) is 5.75 Å². The van der Waals surface area contributed by atoms with E-state index in [1.54, 1.807) is 19.1 Å². The summed E-state index contributed by atoms with van der Waals surface area (Å²) in [4.78, 5) is 24.5. The predicted octanol–water partition coefficient (Wildman–Crippen LogP) is 1.50. The van der Waals surface area contributed by atoms with Crippen LogP contribution in [0.2, 0.25) is 0 Å². The number of benzene rings is 1. The minimum Gasteiger partial charge on any atom is -0.492 e. The molecule has 0 saturated carbocycles. The van der Waals surface area contributed by atoms with Crippen LogP contribution in [0.15, 0.2) is 27.4 Å². The van der Waals surface area contributed by atoms with Crippen LogP contribution in [0.25, 0.3) is 11.0 Å². The molecule has 0 unspecified atom stereocenters. The van der Waals surface area contributed by atoms with E-state index in [0.717, 1.165) is 6.54 Å². The van der Waals surface area contributed by atoms with E-state index in [4.69, 9.17) is 14.9 Å². The largest absolute Gasteiger partial charge is 0.492 e. The molecule has 0 atom stereocenters. The molecule has 0 radical (unpaired) electrons. The minimum atomic E-state index is -1.06. The highest BCUT2D eigenvalue weighted by Crippen LogP contribution is 2.28. The Labute approximate surface area is 127 Å². The van der Waals surface area contributed by atoms with Crippen molar-refractivity contribution in [2.75, 3.05) is 27.2 Å². The van der Waals surface area contributed by atoms with Gasteiger partial charge in [0.15, 0.2) is 0 Å². The monoisotopic (exact) mass is 306 g/mol. The Morgan fingerprint density at radius 1 is 1.32 bits per heavy atom. The number of carbonyl (C=O) groups excluding carboxylic acids is 1. The smallest absolute Gasteiger partial charge is 0.410 e. The fourth-order valence-corrected chi connectivity index (χ4v) is 1.96. The van der Waals surface area contributed by atoms with E-state index in [1.807, 2.05) is 19.0 Å². The number of likely N-dealkylation sites (N-methyl/N-ethyl adjacent to an activating group) is 1. The number of aryl methyl sites for hydroxylation is 1. The maximum absolute atomic E-state index is 11.8. The SMILES string of the molecule is Cc1c(OCCN(C)C)ccc2cc(OC(N)=O)c(=O)oc12. The lowest BCUT2D eigenvalue weighted by Gasteiger charge is -2.13. The molecule has 118 valence electrons. The molecule has 0 aliphatic rings. The van der Waals surface area contributed by atoms with Crippen LogP contribution in [0, 0.1) is 6.92 Å². The lowest BCUT2D eigenvalue weighted by atomic mass is 10.1. The van der Waals surface area contributed by atoms with E-state index in [0.29, 0.717) is 28.9 Å². The summed E-state index contributed by atoms with van der Waals surface area (Å²) >= 11 is 0. The normalized spacial score (nSPS) is 10.9. The summed E-state index contributed by atoms with van der Waals surface area (Å²) in [6, 6.07) is 4.92. The average molecular weight is 306 g/mol. The van der Waals surface area contributed by atoms with Crippen molar-refractivity contribution in [2.45, 2.75) is 6.92 Å². The molecule has 0 fully saturated rings. The van der Waals surface area contributed by atoms with Crippen LogP contribution in [0.5, 0.6) is 11.5 Å². The second-order valence-corrected chi connectivity index (χ2v) is 5.08. The first-order valence-corrected chi connectivity index (χ1v) is 6.70. The number of rotatable bonds is 5. The number of amides is 1. The first-order chi connectivity index (χ1) is 10.4. The summed E-state index contributed by atoms with van der Waals surface area (Å²) in [7, 11) is 3.91. The predicted molar refractivity (Wildman–Crippen MR) is 81.5 cm³/mol. The van der Waals surface area contributed by atoms with Gasteiger partial charge in [-0.3, -0.25) is 0 Å². The van der Waals surface area contributed by atoms with Gasteiger partial charge in [0.1, 0.15) is 17.9 Å². The first kappa shape index (κ1) is 15.8. The van der Waals surface area contributed by atoms with Gasteiger partial charge in [-0.05, 0) is 39.2 Å². The molecule has 7 nitrogen and oxygen atoms in total. The molecular weight excluding hydrogens is 288 g/mol. The van der Waals surface area contributed by atoms with E-state index in [9.17, 15) is 9.59 Å². The maximum Gasteiger partial charge on any atom is 0.410 e. The van der Waals surface area contributed by atoms with Gasteiger partial charge in [-0.1, -0.05) is 0 Å². The molecule has 0 spiro atoms. The number of nitrogens with two attached hydrogens (primary N) is 1. The second kappa shape index (κ2) is 6.48. The quantitative estimate of drug-likeness (QED) is 0.841. The molecule has 2 rings (SSSR count). The van der Waals surface area contributed by atoms with Crippen molar-refractivity contribution in [1.29, 1.82) is 0 Å². The Bertz CT molecular complexity index is 751. The maximum atomic E-state index is 11.8. The van der Waals surface area contributed by atoms with E-state index in [2.05, 4.69) is 4.74 Å². The zero-order valence-corrected chi connectivity index (χ0v) is 12.7. The standard InChI is InChI=1S/C15H18N2O5/c1-9-11(20-7-6-17(2)3)5-4-10-8-12(21-15(16)19)14(18)22-13(9)10/h4-5,8H,6-7H2,1-3H3,(H2,16,19). The fraction of sp³-hybridized carbons (Fsp3) is 0.333. The first-order valence-electron chi connectivity index (χ1n) is 6.70. The number of hydrogen-bond donors (Lipinski definition) is 1. The Hall–Kier alpha value is -2.54. The Kier molecular flexibility index (Phi) is 4.67. The van der Waals surface area contributed by atoms with Crippen molar-refractivity contribution in [3.05, 3.63) is 34.2 Å². The van der Waals surface area contributed by atoms with Gasteiger partial charge in [-0.2, -0.15) is 0 Å². The number of fused-ring (bicyclic) bond motifs is 1. The highest BCUT2D eigenvalue weighted by atomic mass is 16.6. The summed E-state index contributed by atoms with van der Waals surface area (Å²) in [5, 5.41) is 0.619. The Morgan fingerprint density at radius 3 is 2.68 bits per heavy atom. The highest BCUT2D eigenvalue weighted by Gasteiger charge is 2.13. The molecule has 2 aromatic rings. The van der Waals surface area contributed by atoms with Crippen LogP contribution < -0.4 is 20.8 Å². The molecular formula is C15H18N2O5. The highest BCUT2D eigenvalue weighted by molar-refractivity contribution is 5.83. The van der Waals surface area contributed by atoms with Crippen LogP contribution >= 0.6 is 0 Å². The average Bonchev–Trinajstić information content (AvgIpc) is 2.42. The van der Waals surface area contributed by atoms with E-state index < -0.39 is 11.7 Å². The number of nitrogens with zero attached hydrogens (tertiary/aromatic N) is 1. The van der Waals surface area contributed by atoms with Crippen molar-refractivity contribution in [2.24, 2.45) is 5.73 Å². The van der Waals surface area contributed by atoms with Crippen molar-refractivity contribution in [1.82, 2.24) is 4.90 Å². The fourth-order valence-electron chi connectivity index (χ4n) is 1.96. The molecule has 0 aliphatic carbocycles. The van der Waals surface area contributed by atoms with Crippen molar-refractivity contribution >= 4 is 17.1 Å². The van der Waals surface area contributed by atoms with Gasteiger partial charge in [0, 0.05) is 17.5 Å². The molecule has 0 saturated heterocycles. The minimum absolute atomic E-state index is 0.235. The molecule has 1 heterocycles. The van der Waals surface area contributed by atoms with Gasteiger partial charge in [0.25, 0.3) is 0 Å². The zero-order valence-electron chi connectivity index (χ0n) is 12.7. The molecule has 1 aromatic carbocycles. The van der Waals surface area contributed by atoms with E-state index in [1.165, 1.54) is 6.07 Å². The molecule has 0 bridgehead atoms. The van der Waals surface area contributed by atoms with Crippen molar-refractivity contribution in [3.8, 4) is 11.5 Å². The van der Waals surface area contributed by atoms with Gasteiger partial charge < -0.3 is 24.5 Å². The Morgan fingerprint density at radius 2 is 2.05 bits per heavy atom. The van der Waals surface area contributed by atoms with Gasteiger partial charge in [-0.25, -0.2) is 9.59 Å². The summed E-state index contributed by atoms with van der Waals surface area (Å²) < 4.78 is 15.5. The summed E-state index contributed by atoms with van der Waals surface area (Å²) in [5.74, 6) is 0.404. The number of ether oxygens (including phenoxy) is 2. The van der Waals surface area contributed by atoms with Crippen LogP contribution in [0.4, 0.5) is 4.79 Å². The molecule has 1 aromatic heterocycles. The van der Waals surface area contributed by atoms with Gasteiger partial charge >= 0.3 is 11.7 Å². The topological polar surface area (TPSA) is 95.0 Å². The Balaban J connectivity index is 2.35. The molecule has 2 N–H and O–H groups in total. The summed E-state index contributed by atoms with van der Waals surface area (Å²) in [6.45, 7) is 3.09. The third kappa shape index (κ3) is 3.56. The summed E-state index contributed by atoms with van der Waals surface area (Å²) in [6.07, 6.45) is -1.06. The number of carbonyl (C=O) groups is 1. The van der Waals surface area contributed by atoms with Crippen LogP contribution in [-0.4, -0.2) is 38.2 Å². The van der Waals surface area contributed by atoms with Crippen molar-refractivity contribution in [3.63, 3.8) is 0 Å². The van der Waals surface area contributed by atoms with E-state index in [-0.39, 0.29) is 5.75 Å². The van der Waals surface area contributed by atoms with Crippen molar-refractivity contribution < 1.29 is 18.7 Å². The number of hydrogen-bond acceptors (Lipinski definition) is 6. The summed E-state index contributed by atoms with van der Waals surface area (Å²) in [5.41, 5.74) is 5.24. The van der Waals surface area contributed by atoms with Crippen LogP contribution in [0.3, 0.4) is 0 Å². The van der Waals surface area contributed by atoms with E-state index >= 15 is 0 Å².